The molecule has 1 aromatic rings. The van der Waals surface area contributed by atoms with Gasteiger partial charge in [0.1, 0.15) is 0 Å². The minimum atomic E-state index is -3.25. The summed E-state index contributed by atoms with van der Waals surface area (Å²) in [6.45, 7) is 10.5. The van der Waals surface area contributed by atoms with Gasteiger partial charge in [0, 0.05) is 13.2 Å². The summed E-state index contributed by atoms with van der Waals surface area (Å²) in [5.41, 5.74) is 1.56. The predicted octanol–water partition coefficient (Wildman–Crippen LogP) is 2.38. The molecule has 1 atom stereocenters. The van der Waals surface area contributed by atoms with Crippen LogP contribution in [0.4, 0.5) is 0 Å². The average Bonchev–Trinajstić information content (AvgIpc) is 2.14. The van der Waals surface area contributed by atoms with Gasteiger partial charge >= 0.3 is 0 Å². The minimum Gasteiger partial charge on any atom is -0.309 e. The summed E-state index contributed by atoms with van der Waals surface area (Å²) in [6, 6.07) is 4.66. The molecule has 0 fully saturated rings. The van der Waals surface area contributed by atoms with Crippen molar-refractivity contribution in [3.63, 3.8) is 0 Å². The lowest BCUT2D eigenvalue weighted by Crippen LogP contribution is -2.04. The zero-order chi connectivity index (χ0) is 11.6. The Hall–Kier alpha value is -1.34. The molecule has 0 amide bonds. The molecule has 0 aliphatic rings. The van der Waals surface area contributed by atoms with Crippen LogP contribution in [0.3, 0.4) is 0 Å². The quantitative estimate of drug-likeness (QED) is 0.722. The van der Waals surface area contributed by atoms with Gasteiger partial charge in [0.2, 0.25) is 6.04 Å². The number of benzene rings is 1. The highest BCUT2D eigenvalue weighted by molar-refractivity contribution is 7.90. The second-order valence-corrected chi connectivity index (χ2v) is 5.60. The van der Waals surface area contributed by atoms with Gasteiger partial charge in [-0.1, -0.05) is 11.6 Å². The Morgan fingerprint density at radius 3 is 2.47 bits per heavy atom. The van der Waals surface area contributed by atoms with Crippen molar-refractivity contribution >= 4 is 9.84 Å². The Bertz CT molecular complexity index is 512. The van der Waals surface area contributed by atoms with Crippen LogP contribution in [-0.2, 0) is 9.84 Å². The lowest BCUT2D eigenvalue weighted by atomic mass is 10.1. The van der Waals surface area contributed by atoms with Gasteiger partial charge < -0.3 is 4.85 Å². The number of aryl methyl sites for hydroxylation is 1. The molecule has 15 heavy (non-hydrogen) atoms. The van der Waals surface area contributed by atoms with Crippen molar-refractivity contribution in [1.82, 2.24) is 0 Å². The molecule has 3 nitrogen and oxygen atoms in total. The van der Waals surface area contributed by atoms with E-state index < -0.39 is 15.9 Å². The highest BCUT2D eigenvalue weighted by Crippen LogP contribution is 2.25. The second-order valence-electron chi connectivity index (χ2n) is 3.62. The number of hydrogen-bond acceptors (Lipinski definition) is 2. The lowest BCUT2D eigenvalue weighted by Gasteiger charge is -2.07. The summed E-state index contributed by atoms with van der Waals surface area (Å²) in [5, 5.41) is 0. The van der Waals surface area contributed by atoms with E-state index in [1.807, 2.05) is 6.92 Å². The van der Waals surface area contributed by atoms with Gasteiger partial charge in [0.05, 0.1) is 10.5 Å². The van der Waals surface area contributed by atoms with E-state index in [2.05, 4.69) is 4.85 Å². The van der Waals surface area contributed by atoms with Crippen LogP contribution in [0.15, 0.2) is 23.1 Å². The fourth-order valence-corrected chi connectivity index (χ4v) is 2.37. The van der Waals surface area contributed by atoms with E-state index in [4.69, 9.17) is 6.57 Å². The van der Waals surface area contributed by atoms with Gasteiger partial charge in [0.15, 0.2) is 9.84 Å². The standard InChI is InChI=1S/C11H13NO2S/c1-8-5-6-11(15(4,13)14)10(7-8)9(2)12-3/h5-7,9H,1-2,4H3. The van der Waals surface area contributed by atoms with Crippen LogP contribution in [-0.4, -0.2) is 14.7 Å². The van der Waals surface area contributed by atoms with Crippen molar-refractivity contribution in [2.75, 3.05) is 6.26 Å². The summed E-state index contributed by atoms with van der Waals surface area (Å²) < 4.78 is 23.0. The van der Waals surface area contributed by atoms with Gasteiger partial charge in [-0.05, 0) is 19.1 Å². The third kappa shape index (κ3) is 2.57. The summed E-state index contributed by atoms with van der Waals surface area (Å²) in [5.74, 6) is 0. The molecule has 0 N–H and O–H groups in total. The lowest BCUT2D eigenvalue weighted by molar-refractivity contribution is 0.600. The minimum absolute atomic E-state index is 0.261. The topological polar surface area (TPSA) is 38.5 Å². The van der Waals surface area contributed by atoms with Crippen LogP contribution < -0.4 is 0 Å². The largest absolute Gasteiger partial charge is 0.309 e. The predicted molar refractivity (Wildman–Crippen MR) is 59.3 cm³/mol. The first-order valence-corrected chi connectivity index (χ1v) is 6.42. The molecule has 0 aliphatic heterocycles. The summed E-state index contributed by atoms with van der Waals surface area (Å²) in [6.07, 6.45) is 1.16. The van der Waals surface area contributed by atoms with Crippen LogP contribution in [0, 0.1) is 13.5 Å². The van der Waals surface area contributed by atoms with E-state index in [-0.39, 0.29) is 4.90 Å². The van der Waals surface area contributed by atoms with E-state index in [1.54, 1.807) is 25.1 Å². The molecule has 0 aliphatic carbocycles. The maximum absolute atomic E-state index is 11.5. The molecular weight excluding hydrogens is 210 g/mol. The SMILES string of the molecule is [C-]#[N+]C(C)c1cc(C)ccc1S(C)(=O)=O. The Kier molecular flexibility index (Phi) is 3.15. The molecule has 0 radical (unpaired) electrons. The highest BCUT2D eigenvalue weighted by atomic mass is 32.2. The average molecular weight is 223 g/mol. The fourth-order valence-electron chi connectivity index (χ4n) is 1.40. The first-order chi connectivity index (χ1) is 6.86. The molecule has 0 spiro atoms. The molecule has 1 rings (SSSR count). The van der Waals surface area contributed by atoms with Gasteiger partial charge in [-0.15, -0.1) is 0 Å². The third-order valence-corrected chi connectivity index (χ3v) is 3.38. The molecule has 0 bridgehead atoms. The van der Waals surface area contributed by atoms with Crippen molar-refractivity contribution in [3.8, 4) is 0 Å². The molecule has 80 valence electrons. The van der Waals surface area contributed by atoms with Crippen molar-refractivity contribution in [3.05, 3.63) is 40.7 Å². The first kappa shape index (κ1) is 11.7. The monoisotopic (exact) mass is 223 g/mol. The van der Waals surface area contributed by atoms with Crippen LogP contribution in [0.2, 0.25) is 0 Å². The normalized spacial score (nSPS) is 13.2. The van der Waals surface area contributed by atoms with Crippen LogP contribution in [0.1, 0.15) is 24.1 Å². The molecule has 1 aromatic carbocycles. The first-order valence-electron chi connectivity index (χ1n) is 4.53. The maximum Gasteiger partial charge on any atom is 0.247 e. The Morgan fingerprint density at radius 2 is 2.00 bits per heavy atom. The Morgan fingerprint density at radius 1 is 1.40 bits per heavy atom. The van der Waals surface area contributed by atoms with Gasteiger partial charge in [0.25, 0.3) is 0 Å². The van der Waals surface area contributed by atoms with Crippen molar-refractivity contribution in [2.45, 2.75) is 24.8 Å². The maximum atomic E-state index is 11.5. The number of sulfone groups is 1. The molecule has 0 saturated carbocycles. The zero-order valence-corrected chi connectivity index (χ0v) is 9.80. The van der Waals surface area contributed by atoms with Crippen LogP contribution in [0.5, 0.6) is 0 Å². The van der Waals surface area contributed by atoms with E-state index in [0.717, 1.165) is 11.8 Å². The van der Waals surface area contributed by atoms with Crippen molar-refractivity contribution < 1.29 is 8.42 Å². The third-order valence-electron chi connectivity index (χ3n) is 2.21. The van der Waals surface area contributed by atoms with E-state index in [0.29, 0.717) is 5.56 Å². The molecular formula is C11H13NO2S. The van der Waals surface area contributed by atoms with Gasteiger partial charge in [-0.3, -0.25) is 0 Å². The number of nitrogens with zero attached hydrogens (tertiary/aromatic N) is 1. The molecule has 0 heterocycles. The van der Waals surface area contributed by atoms with E-state index in [1.165, 1.54) is 0 Å². The summed E-state index contributed by atoms with van der Waals surface area (Å²) >= 11 is 0. The van der Waals surface area contributed by atoms with Gasteiger partial charge in [-0.2, -0.15) is 0 Å². The molecule has 1 unspecified atom stereocenters. The van der Waals surface area contributed by atoms with E-state index >= 15 is 0 Å². The number of rotatable bonds is 2. The molecule has 0 aromatic heterocycles. The Labute approximate surface area is 90.5 Å². The van der Waals surface area contributed by atoms with E-state index in [9.17, 15) is 8.42 Å². The Balaban J connectivity index is 3.48. The fraction of sp³-hybridized carbons (Fsp3) is 0.364. The molecule has 4 heteroatoms. The zero-order valence-electron chi connectivity index (χ0n) is 8.98. The number of hydrogen-bond donors (Lipinski definition) is 0. The smallest absolute Gasteiger partial charge is 0.247 e. The highest BCUT2D eigenvalue weighted by Gasteiger charge is 2.20. The van der Waals surface area contributed by atoms with Crippen molar-refractivity contribution in [1.29, 1.82) is 0 Å². The van der Waals surface area contributed by atoms with Crippen LogP contribution >= 0.6 is 0 Å². The van der Waals surface area contributed by atoms with Crippen LogP contribution in [0.25, 0.3) is 4.85 Å². The summed E-state index contributed by atoms with van der Waals surface area (Å²) in [4.78, 5) is 3.62. The summed E-state index contributed by atoms with van der Waals surface area (Å²) in [7, 11) is -3.25. The molecule has 0 saturated heterocycles. The second kappa shape index (κ2) is 4.03. The van der Waals surface area contributed by atoms with Crippen molar-refractivity contribution in [2.24, 2.45) is 0 Å². The van der Waals surface area contributed by atoms with Gasteiger partial charge in [-0.25, -0.2) is 15.0 Å².